The van der Waals surface area contributed by atoms with Crippen molar-refractivity contribution in [3.05, 3.63) is 258 Å². The molecule has 0 saturated carbocycles. The van der Waals surface area contributed by atoms with Crippen molar-refractivity contribution in [3.63, 3.8) is 0 Å². The van der Waals surface area contributed by atoms with Crippen LogP contribution in [0.15, 0.2) is 224 Å². The highest BCUT2D eigenvalue weighted by molar-refractivity contribution is 6.02. The van der Waals surface area contributed by atoms with E-state index >= 15 is 0 Å². The van der Waals surface area contributed by atoms with Crippen LogP contribution in [0.2, 0.25) is 0 Å². The summed E-state index contributed by atoms with van der Waals surface area (Å²) in [5.74, 6) is 0. The van der Waals surface area contributed by atoms with E-state index in [9.17, 15) is 0 Å². The molecule has 0 saturated heterocycles. The average Bonchev–Trinajstić information content (AvgIpc) is 3.90. The molecule has 0 aromatic heterocycles. The standard InChI is InChI=1S/C62H43N/c1-61(2)53-26-9-5-21-48(53)51-37-36-45(39-58(51)61)63(44-34-32-40(33-35-44)42-18-13-19-43(38-42)47-25-14-17-41-16-3-4-20-46(41)47)59-31-15-30-57-60(59)52-24-8-12-29-56(52)62(57)54-27-10-6-22-49(54)50-23-7-11-28-55(50)62/h3-39H,1-2H3. The van der Waals surface area contributed by atoms with Gasteiger partial charge in [0.05, 0.1) is 11.1 Å². The van der Waals surface area contributed by atoms with E-state index < -0.39 is 5.41 Å². The quantitative estimate of drug-likeness (QED) is 0.168. The molecule has 296 valence electrons. The van der Waals surface area contributed by atoms with Gasteiger partial charge in [0.2, 0.25) is 0 Å². The van der Waals surface area contributed by atoms with Crippen molar-refractivity contribution in [3.8, 4) is 55.6 Å². The van der Waals surface area contributed by atoms with Crippen LogP contribution in [0.3, 0.4) is 0 Å². The summed E-state index contributed by atoms with van der Waals surface area (Å²) in [7, 11) is 0. The third-order valence-electron chi connectivity index (χ3n) is 14.5. The van der Waals surface area contributed by atoms with Gasteiger partial charge in [0.15, 0.2) is 0 Å². The van der Waals surface area contributed by atoms with Gasteiger partial charge in [-0.3, -0.25) is 0 Å². The van der Waals surface area contributed by atoms with E-state index in [1.165, 1.54) is 105 Å². The maximum Gasteiger partial charge on any atom is 0.0726 e. The Morgan fingerprint density at radius 3 is 1.57 bits per heavy atom. The zero-order valence-electron chi connectivity index (χ0n) is 35.3. The zero-order valence-corrected chi connectivity index (χ0v) is 35.3. The van der Waals surface area contributed by atoms with Gasteiger partial charge in [-0.2, -0.15) is 0 Å². The molecule has 10 aromatic carbocycles. The summed E-state index contributed by atoms with van der Waals surface area (Å²) in [5.41, 5.74) is 23.7. The molecule has 0 radical (unpaired) electrons. The van der Waals surface area contributed by atoms with Crippen molar-refractivity contribution < 1.29 is 0 Å². The molecular weight excluding hydrogens is 759 g/mol. The summed E-state index contributed by atoms with van der Waals surface area (Å²) in [6.45, 7) is 4.75. The second kappa shape index (κ2) is 13.4. The Hall–Kier alpha value is -7.74. The Labute approximate surface area is 369 Å². The van der Waals surface area contributed by atoms with Crippen molar-refractivity contribution in [2.45, 2.75) is 24.7 Å². The van der Waals surface area contributed by atoms with Gasteiger partial charge in [0.25, 0.3) is 0 Å². The molecule has 3 aliphatic carbocycles. The van der Waals surface area contributed by atoms with E-state index in [-0.39, 0.29) is 5.41 Å². The van der Waals surface area contributed by atoms with E-state index in [1.54, 1.807) is 0 Å². The Morgan fingerprint density at radius 2 is 0.825 bits per heavy atom. The third-order valence-corrected chi connectivity index (χ3v) is 14.5. The molecule has 1 spiro atoms. The fourth-order valence-corrected chi connectivity index (χ4v) is 11.7. The Morgan fingerprint density at radius 1 is 0.317 bits per heavy atom. The van der Waals surface area contributed by atoms with Crippen molar-refractivity contribution in [1.29, 1.82) is 0 Å². The van der Waals surface area contributed by atoms with Crippen LogP contribution in [-0.4, -0.2) is 0 Å². The van der Waals surface area contributed by atoms with Gasteiger partial charge in [0, 0.05) is 22.4 Å². The molecule has 63 heavy (non-hydrogen) atoms. The van der Waals surface area contributed by atoms with Gasteiger partial charge in [-0.25, -0.2) is 0 Å². The van der Waals surface area contributed by atoms with E-state index in [0.29, 0.717) is 0 Å². The number of nitrogens with zero attached hydrogens (tertiary/aromatic N) is 1. The first-order chi connectivity index (χ1) is 31.0. The fraction of sp³-hybridized carbons (Fsp3) is 0.0645. The lowest BCUT2D eigenvalue weighted by Crippen LogP contribution is -2.26. The van der Waals surface area contributed by atoms with E-state index in [4.69, 9.17) is 0 Å². The van der Waals surface area contributed by atoms with Crippen LogP contribution in [0, 0.1) is 0 Å². The molecule has 0 N–H and O–H groups in total. The van der Waals surface area contributed by atoms with Crippen molar-refractivity contribution in [1.82, 2.24) is 0 Å². The summed E-state index contributed by atoms with van der Waals surface area (Å²) < 4.78 is 0. The summed E-state index contributed by atoms with van der Waals surface area (Å²) >= 11 is 0. The zero-order chi connectivity index (χ0) is 41.9. The van der Waals surface area contributed by atoms with Crippen molar-refractivity contribution in [2.75, 3.05) is 4.90 Å². The molecule has 3 aliphatic rings. The molecule has 0 amide bonds. The van der Waals surface area contributed by atoms with Crippen LogP contribution >= 0.6 is 0 Å². The molecule has 0 unspecified atom stereocenters. The minimum absolute atomic E-state index is 0.140. The first-order valence-electron chi connectivity index (χ1n) is 22.2. The van der Waals surface area contributed by atoms with E-state index in [1.807, 2.05) is 0 Å². The molecule has 1 nitrogen and oxygen atoms in total. The minimum Gasteiger partial charge on any atom is -0.310 e. The molecule has 10 aromatic rings. The highest BCUT2D eigenvalue weighted by Gasteiger charge is 2.52. The largest absolute Gasteiger partial charge is 0.310 e. The lowest BCUT2D eigenvalue weighted by molar-refractivity contribution is 0.660. The normalized spacial score (nSPS) is 14.1. The number of rotatable bonds is 5. The first-order valence-corrected chi connectivity index (χ1v) is 22.2. The second-order valence-electron chi connectivity index (χ2n) is 18.0. The SMILES string of the molecule is CC1(C)c2ccccc2-c2ccc(N(c3ccc(-c4cccc(-c5cccc6ccccc56)c4)cc3)c3cccc4c3-c3ccccc3C43c4ccccc4-c4ccccc43)cc21. The molecule has 0 fully saturated rings. The Balaban J connectivity index is 1.01. The van der Waals surface area contributed by atoms with Gasteiger partial charge in [-0.05, 0) is 131 Å². The topological polar surface area (TPSA) is 3.24 Å². The number of fused-ring (bicyclic) bond motifs is 14. The number of anilines is 3. The predicted octanol–water partition coefficient (Wildman–Crippen LogP) is 16.3. The third kappa shape index (κ3) is 4.99. The Kier molecular flexibility index (Phi) is 7.64. The van der Waals surface area contributed by atoms with Crippen molar-refractivity contribution >= 4 is 27.8 Å². The van der Waals surface area contributed by atoms with Crippen LogP contribution in [0.25, 0.3) is 66.4 Å². The van der Waals surface area contributed by atoms with Gasteiger partial charge >= 0.3 is 0 Å². The molecule has 0 bridgehead atoms. The summed E-state index contributed by atoms with van der Waals surface area (Å²) in [4.78, 5) is 2.52. The number of hydrogen-bond acceptors (Lipinski definition) is 1. The predicted molar refractivity (Wildman–Crippen MR) is 263 cm³/mol. The molecule has 13 rings (SSSR count). The lowest BCUT2D eigenvalue weighted by Gasteiger charge is -2.32. The van der Waals surface area contributed by atoms with Crippen LogP contribution < -0.4 is 4.90 Å². The van der Waals surface area contributed by atoms with Crippen LogP contribution in [0.4, 0.5) is 17.1 Å². The van der Waals surface area contributed by atoms with Crippen LogP contribution in [0.1, 0.15) is 47.2 Å². The number of benzene rings is 10. The van der Waals surface area contributed by atoms with Gasteiger partial charge in [-0.1, -0.05) is 202 Å². The average molecular weight is 802 g/mol. The fourth-order valence-electron chi connectivity index (χ4n) is 11.7. The second-order valence-corrected chi connectivity index (χ2v) is 18.0. The minimum atomic E-state index is -0.429. The van der Waals surface area contributed by atoms with Crippen LogP contribution in [-0.2, 0) is 10.8 Å². The molecule has 1 heteroatoms. The molecule has 0 heterocycles. The lowest BCUT2D eigenvalue weighted by atomic mass is 9.70. The smallest absolute Gasteiger partial charge is 0.0726 e. The molecule has 0 aliphatic heterocycles. The summed E-state index contributed by atoms with van der Waals surface area (Å²) in [5, 5.41) is 2.53. The summed E-state index contributed by atoms with van der Waals surface area (Å²) in [6, 6.07) is 84.0. The Bertz CT molecular complexity index is 3440. The monoisotopic (exact) mass is 801 g/mol. The molecule has 0 atom stereocenters. The van der Waals surface area contributed by atoms with Gasteiger partial charge in [-0.15, -0.1) is 0 Å². The number of hydrogen-bond donors (Lipinski definition) is 0. The van der Waals surface area contributed by atoms with Gasteiger partial charge in [0.1, 0.15) is 0 Å². The van der Waals surface area contributed by atoms with Crippen LogP contribution in [0.5, 0.6) is 0 Å². The van der Waals surface area contributed by atoms with Crippen molar-refractivity contribution in [2.24, 2.45) is 0 Å². The highest BCUT2D eigenvalue weighted by Crippen LogP contribution is 2.65. The molecular formula is C62H43N. The van der Waals surface area contributed by atoms with E-state index in [2.05, 4.69) is 243 Å². The maximum absolute atomic E-state index is 2.52. The van der Waals surface area contributed by atoms with E-state index in [0.717, 1.165) is 11.4 Å². The highest BCUT2D eigenvalue weighted by atomic mass is 15.1. The van der Waals surface area contributed by atoms with Gasteiger partial charge < -0.3 is 4.90 Å². The maximum atomic E-state index is 2.52. The first kappa shape index (κ1) is 36.0. The summed E-state index contributed by atoms with van der Waals surface area (Å²) in [6.07, 6.45) is 0.